The Bertz CT molecular complexity index is 277. The number of carbonyl (C=O) groups is 1. The third-order valence-corrected chi connectivity index (χ3v) is 3.16. The summed E-state index contributed by atoms with van der Waals surface area (Å²) in [5.74, 6) is 0. The van der Waals surface area contributed by atoms with Crippen LogP contribution in [0, 0.1) is 0 Å². The van der Waals surface area contributed by atoms with Crippen LogP contribution in [0.1, 0.15) is 20.3 Å². The molecule has 0 aromatic rings. The highest BCUT2D eigenvalue weighted by molar-refractivity contribution is 5.71. The summed E-state index contributed by atoms with van der Waals surface area (Å²) >= 11 is 0. The lowest BCUT2D eigenvalue weighted by Gasteiger charge is -2.58. The maximum atomic E-state index is 10.8. The first kappa shape index (κ1) is 8.34. The fourth-order valence-electron chi connectivity index (χ4n) is 1.92. The van der Waals surface area contributed by atoms with Crippen molar-refractivity contribution >= 4 is 12.3 Å². The average Bonchev–Trinajstić information content (AvgIpc) is 2.50. The van der Waals surface area contributed by atoms with E-state index < -0.39 is 17.2 Å². The standard InChI is InChI=1S/C8H12N2O3/c1-7(2)8(3-4-9-13-8)5-10(7)6(11)12/h4H,3,5H2,1-2H3,(H,11,12). The average molecular weight is 184 g/mol. The molecule has 5 nitrogen and oxygen atoms in total. The van der Waals surface area contributed by atoms with Crippen molar-refractivity contribution in [3.63, 3.8) is 0 Å². The summed E-state index contributed by atoms with van der Waals surface area (Å²) in [6.45, 7) is 4.13. The molecule has 1 amide bonds. The highest BCUT2D eigenvalue weighted by Crippen LogP contribution is 2.46. The summed E-state index contributed by atoms with van der Waals surface area (Å²) in [6, 6.07) is 0. The van der Waals surface area contributed by atoms with E-state index in [9.17, 15) is 4.79 Å². The van der Waals surface area contributed by atoms with Crippen molar-refractivity contribution in [3.8, 4) is 0 Å². The minimum atomic E-state index is -0.897. The molecule has 5 heteroatoms. The Kier molecular flexibility index (Phi) is 1.38. The molecule has 1 spiro atoms. The Hall–Kier alpha value is -1.26. The van der Waals surface area contributed by atoms with E-state index in [1.807, 2.05) is 13.8 Å². The lowest BCUT2D eigenvalue weighted by Crippen LogP contribution is -2.77. The van der Waals surface area contributed by atoms with E-state index in [1.54, 1.807) is 6.21 Å². The number of likely N-dealkylation sites (tertiary alicyclic amines) is 1. The van der Waals surface area contributed by atoms with Crippen LogP contribution in [0.3, 0.4) is 0 Å². The van der Waals surface area contributed by atoms with Gasteiger partial charge in [0.05, 0.1) is 12.1 Å². The summed E-state index contributed by atoms with van der Waals surface area (Å²) in [5.41, 5.74) is -0.888. The van der Waals surface area contributed by atoms with Gasteiger partial charge in [-0.1, -0.05) is 5.16 Å². The SMILES string of the molecule is CC1(C)N(C(=O)O)CC12CC=NO2. The summed E-state index contributed by atoms with van der Waals surface area (Å²) in [6.07, 6.45) is 1.50. The number of hydrogen-bond donors (Lipinski definition) is 1. The van der Waals surface area contributed by atoms with Crippen LogP contribution in [-0.4, -0.2) is 40.0 Å². The second-order valence-corrected chi connectivity index (χ2v) is 4.01. The van der Waals surface area contributed by atoms with Gasteiger partial charge in [-0.05, 0) is 13.8 Å². The minimum absolute atomic E-state index is 0.411. The molecule has 0 aliphatic carbocycles. The van der Waals surface area contributed by atoms with Crippen LogP contribution in [0.2, 0.25) is 0 Å². The number of carboxylic acid groups (broad SMARTS) is 1. The number of nitrogens with zero attached hydrogens (tertiary/aromatic N) is 2. The number of amides is 1. The van der Waals surface area contributed by atoms with Gasteiger partial charge in [0.25, 0.3) is 0 Å². The predicted octanol–water partition coefficient (Wildman–Crippen LogP) is 0.903. The molecule has 0 aromatic heterocycles. The third kappa shape index (κ3) is 0.814. The van der Waals surface area contributed by atoms with E-state index in [-0.39, 0.29) is 0 Å². The van der Waals surface area contributed by atoms with E-state index in [1.165, 1.54) is 4.90 Å². The van der Waals surface area contributed by atoms with Crippen molar-refractivity contribution in [2.45, 2.75) is 31.4 Å². The van der Waals surface area contributed by atoms with Gasteiger partial charge in [-0.15, -0.1) is 0 Å². The third-order valence-electron chi connectivity index (χ3n) is 3.16. The molecule has 1 atom stereocenters. The summed E-state index contributed by atoms with van der Waals surface area (Å²) < 4.78 is 0. The van der Waals surface area contributed by atoms with Crippen molar-refractivity contribution < 1.29 is 14.7 Å². The van der Waals surface area contributed by atoms with Crippen molar-refractivity contribution in [1.29, 1.82) is 0 Å². The summed E-state index contributed by atoms with van der Waals surface area (Å²) in [4.78, 5) is 17.4. The molecule has 2 aliphatic rings. The topological polar surface area (TPSA) is 62.1 Å². The molecular weight excluding hydrogens is 172 g/mol. The molecule has 1 saturated heterocycles. The van der Waals surface area contributed by atoms with Gasteiger partial charge in [0, 0.05) is 12.6 Å². The van der Waals surface area contributed by atoms with Gasteiger partial charge < -0.3 is 9.94 Å². The fourth-order valence-corrected chi connectivity index (χ4v) is 1.92. The lowest BCUT2D eigenvalue weighted by molar-refractivity contribution is -0.200. The first-order valence-corrected chi connectivity index (χ1v) is 4.20. The van der Waals surface area contributed by atoms with Crippen LogP contribution < -0.4 is 0 Å². The van der Waals surface area contributed by atoms with E-state index in [4.69, 9.17) is 9.94 Å². The van der Waals surface area contributed by atoms with E-state index >= 15 is 0 Å². The van der Waals surface area contributed by atoms with Gasteiger partial charge in [0.15, 0.2) is 5.60 Å². The molecule has 2 heterocycles. The van der Waals surface area contributed by atoms with E-state index in [0.29, 0.717) is 13.0 Å². The Morgan fingerprint density at radius 3 is 2.77 bits per heavy atom. The Labute approximate surface area is 76.0 Å². The van der Waals surface area contributed by atoms with Gasteiger partial charge in [0.1, 0.15) is 0 Å². The Morgan fingerprint density at radius 1 is 1.69 bits per heavy atom. The molecule has 0 radical (unpaired) electrons. The van der Waals surface area contributed by atoms with Crippen LogP contribution in [0.5, 0.6) is 0 Å². The van der Waals surface area contributed by atoms with Gasteiger partial charge in [-0.3, -0.25) is 4.90 Å². The smallest absolute Gasteiger partial charge is 0.408 e. The highest BCUT2D eigenvalue weighted by atomic mass is 16.7. The van der Waals surface area contributed by atoms with Gasteiger partial charge in [-0.2, -0.15) is 0 Å². The Morgan fingerprint density at radius 2 is 2.38 bits per heavy atom. The van der Waals surface area contributed by atoms with Gasteiger partial charge in [0.2, 0.25) is 0 Å². The molecule has 1 unspecified atom stereocenters. The molecule has 0 bridgehead atoms. The fraction of sp³-hybridized carbons (Fsp3) is 0.750. The molecule has 0 saturated carbocycles. The minimum Gasteiger partial charge on any atom is -0.465 e. The highest BCUT2D eigenvalue weighted by Gasteiger charge is 2.64. The monoisotopic (exact) mass is 184 g/mol. The molecule has 13 heavy (non-hydrogen) atoms. The zero-order chi connectivity index (χ0) is 9.69. The normalized spacial score (nSPS) is 34.5. The van der Waals surface area contributed by atoms with Crippen molar-refractivity contribution in [2.24, 2.45) is 5.16 Å². The summed E-state index contributed by atoms with van der Waals surface area (Å²) in [7, 11) is 0. The molecule has 1 N–H and O–H groups in total. The van der Waals surface area contributed by atoms with Gasteiger partial charge >= 0.3 is 6.09 Å². The van der Waals surface area contributed by atoms with Crippen LogP contribution in [-0.2, 0) is 4.84 Å². The van der Waals surface area contributed by atoms with Crippen molar-refractivity contribution in [1.82, 2.24) is 4.90 Å². The molecular formula is C8H12N2O3. The second kappa shape index (κ2) is 2.16. The zero-order valence-electron chi connectivity index (χ0n) is 7.65. The molecule has 1 fully saturated rings. The largest absolute Gasteiger partial charge is 0.465 e. The number of hydrogen-bond acceptors (Lipinski definition) is 3. The summed E-state index contributed by atoms with van der Waals surface area (Å²) in [5, 5.41) is 12.5. The zero-order valence-corrected chi connectivity index (χ0v) is 7.65. The van der Waals surface area contributed by atoms with E-state index in [0.717, 1.165) is 0 Å². The maximum Gasteiger partial charge on any atom is 0.408 e. The predicted molar refractivity (Wildman–Crippen MR) is 45.7 cm³/mol. The lowest BCUT2D eigenvalue weighted by atomic mass is 9.71. The number of oxime groups is 1. The first-order chi connectivity index (χ1) is 6.00. The van der Waals surface area contributed by atoms with Crippen LogP contribution in [0.4, 0.5) is 4.79 Å². The van der Waals surface area contributed by atoms with Gasteiger partial charge in [-0.25, -0.2) is 4.79 Å². The Balaban J connectivity index is 2.18. The second-order valence-electron chi connectivity index (χ2n) is 4.01. The van der Waals surface area contributed by atoms with Crippen LogP contribution in [0.25, 0.3) is 0 Å². The van der Waals surface area contributed by atoms with Crippen molar-refractivity contribution in [3.05, 3.63) is 0 Å². The molecule has 2 rings (SSSR count). The molecule has 2 aliphatic heterocycles. The number of rotatable bonds is 0. The maximum absolute atomic E-state index is 10.8. The quantitative estimate of drug-likeness (QED) is 0.608. The first-order valence-electron chi connectivity index (χ1n) is 4.20. The molecule has 0 aromatic carbocycles. The van der Waals surface area contributed by atoms with Crippen LogP contribution >= 0.6 is 0 Å². The van der Waals surface area contributed by atoms with E-state index in [2.05, 4.69) is 5.16 Å². The molecule has 72 valence electrons. The van der Waals surface area contributed by atoms with Crippen LogP contribution in [0.15, 0.2) is 5.16 Å². The van der Waals surface area contributed by atoms with Crippen molar-refractivity contribution in [2.75, 3.05) is 6.54 Å².